The summed E-state index contributed by atoms with van der Waals surface area (Å²) >= 11 is 5.82. The molecule has 0 aromatic heterocycles. The molecule has 2 aliphatic heterocycles. The number of nitrogens with zero attached hydrogens (tertiary/aromatic N) is 2. The summed E-state index contributed by atoms with van der Waals surface area (Å²) in [5.74, 6) is 0.0646. The van der Waals surface area contributed by atoms with Crippen molar-refractivity contribution in [3.05, 3.63) is 62.7 Å². The molecule has 0 fully saturated rings. The number of carbonyl (C=O) groups excluding carboxylic acids is 2. The summed E-state index contributed by atoms with van der Waals surface area (Å²) in [6, 6.07) is 9.54. The molecule has 0 spiro atoms. The van der Waals surface area contributed by atoms with Crippen molar-refractivity contribution in [3.8, 4) is 5.75 Å². The number of non-ortho nitro benzene ring substituents is 1. The second-order valence-corrected chi connectivity index (χ2v) is 5.96. The first kappa shape index (κ1) is 17.7. The van der Waals surface area contributed by atoms with Crippen LogP contribution in [0.5, 0.6) is 5.75 Å². The number of ether oxygens (including phenoxy) is 1. The lowest BCUT2D eigenvalue weighted by molar-refractivity contribution is -0.384. The Kier molecular flexibility index (Phi) is 4.77. The first-order chi connectivity index (χ1) is 12.4. The highest BCUT2D eigenvalue weighted by Crippen LogP contribution is 2.38. The maximum atomic E-state index is 11.3. The predicted octanol–water partition coefficient (Wildman–Crippen LogP) is 2.96. The number of benzene rings is 2. The normalized spacial score (nSPS) is 14.5. The van der Waals surface area contributed by atoms with Crippen LogP contribution in [0, 0.1) is 10.1 Å². The Hall–Kier alpha value is -3.13. The van der Waals surface area contributed by atoms with E-state index in [1.165, 1.54) is 19.2 Å². The van der Waals surface area contributed by atoms with Crippen molar-refractivity contribution in [1.29, 1.82) is 0 Å². The summed E-state index contributed by atoms with van der Waals surface area (Å²) in [6.45, 7) is 1.15. The van der Waals surface area contributed by atoms with Crippen LogP contribution in [0.2, 0.25) is 5.02 Å². The zero-order valence-electron chi connectivity index (χ0n) is 13.7. The third-order valence-corrected chi connectivity index (χ3v) is 4.18. The summed E-state index contributed by atoms with van der Waals surface area (Å²) in [6.07, 6.45) is 0. The van der Waals surface area contributed by atoms with Gasteiger partial charge in [-0.25, -0.2) is 0 Å². The smallest absolute Gasteiger partial charge is 0.273 e. The Morgan fingerprint density at radius 3 is 2.38 bits per heavy atom. The van der Waals surface area contributed by atoms with E-state index in [0.29, 0.717) is 35.7 Å². The van der Waals surface area contributed by atoms with Gasteiger partial charge < -0.3 is 10.1 Å². The molecule has 0 unspecified atom stereocenters. The highest BCUT2D eigenvalue weighted by molar-refractivity contribution is 6.32. The van der Waals surface area contributed by atoms with E-state index < -0.39 is 4.92 Å². The van der Waals surface area contributed by atoms with Gasteiger partial charge in [-0.1, -0.05) is 23.7 Å². The molecule has 2 aromatic rings. The molecule has 0 bridgehead atoms. The van der Waals surface area contributed by atoms with Gasteiger partial charge in [0.05, 0.1) is 26.8 Å². The molecule has 0 atom stereocenters. The number of nitro groups is 1. The van der Waals surface area contributed by atoms with E-state index in [-0.39, 0.29) is 22.5 Å². The Morgan fingerprint density at radius 2 is 1.81 bits per heavy atom. The molecular weight excluding hydrogens is 362 g/mol. The number of carbonyl (C=O) groups is 2. The number of nitrogens with one attached hydrogen (secondary N) is 1. The topological polar surface area (TPSA) is 102 Å². The Labute approximate surface area is 153 Å². The van der Waals surface area contributed by atoms with Crippen molar-refractivity contribution >= 4 is 34.8 Å². The summed E-state index contributed by atoms with van der Waals surface area (Å²) in [5.41, 5.74) is 1.55. The number of amides is 2. The molecule has 9 heteroatoms. The molecular formula is C17H14ClN3O5. The average molecular weight is 376 g/mol. The van der Waals surface area contributed by atoms with E-state index in [1.807, 2.05) is 0 Å². The molecule has 2 aliphatic rings. The van der Waals surface area contributed by atoms with Crippen molar-refractivity contribution in [3.63, 3.8) is 0 Å². The van der Waals surface area contributed by atoms with Crippen molar-refractivity contribution in [2.45, 2.75) is 0 Å². The number of rotatable bonds is 1. The fourth-order valence-electron chi connectivity index (χ4n) is 2.61. The van der Waals surface area contributed by atoms with Crippen LogP contribution in [0.4, 0.5) is 11.4 Å². The third-order valence-electron chi connectivity index (χ3n) is 3.90. The van der Waals surface area contributed by atoms with Gasteiger partial charge in [-0.05, 0) is 12.1 Å². The molecule has 26 heavy (non-hydrogen) atoms. The Bertz CT molecular complexity index is 880. The standard InChI is InChI=1S/C9H7NO2.C8H7ClN2O3/c1-10-8(11)6-4-2-3-5-7(6)9(10)12;9-6-3-5(11(12)13)4-7-8(6)14-2-1-10-7/h2-5H,1H3;3-4,10H,1-2H2. The van der Waals surface area contributed by atoms with Crippen LogP contribution in [0.25, 0.3) is 0 Å². The van der Waals surface area contributed by atoms with Crippen LogP contribution in [-0.2, 0) is 0 Å². The van der Waals surface area contributed by atoms with E-state index in [0.717, 1.165) is 4.90 Å². The first-order valence-corrected chi connectivity index (χ1v) is 8.04. The lowest BCUT2D eigenvalue weighted by Gasteiger charge is -2.19. The highest BCUT2D eigenvalue weighted by atomic mass is 35.5. The van der Waals surface area contributed by atoms with Crippen LogP contribution in [0.3, 0.4) is 0 Å². The molecule has 0 radical (unpaired) electrons. The monoisotopic (exact) mass is 375 g/mol. The number of nitro benzene ring substituents is 1. The number of imide groups is 1. The minimum Gasteiger partial charge on any atom is -0.488 e. The van der Waals surface area contributed by atoms with Gasteiger partial charge in [0.2, 0.25) is 0 Å². The Morgan fingerprint density at radius 1 is 1.19 bits per heavy atom. The second-order valence-electron chi connectivity index (χ2n) is 5.55. The zero-order chi connectivity index (χ0) is 18.8. The molecule has 2 amide bonds. The van der Waals surface area contributed by atoms with Gasteiger partial charge in [0.1, 0.15) is 6.61 Å². The van der Waals surface area contributed by atoms with Crippen LogP contribution in [0.15, 0.2) is 36.4 Å². The molecule has 0 saturated heterocycles. The SMILES string of the molecule is CN1C(=O)c2ccccc2C1=O.O=[N+]([O-])c1cc(Cl)c2c(c1)NCCO2. The predicted molar refractivity (Wildman–Crippen MR) is 95.0 cm³/mol. The minimum atomic E-state index is -0.484. The van der Waals surface area contributed by atoms with Crippen LogP contribution < -0.4 is 10.1 Å². The van der Waals surface area contributed by atoms with Gasteiger partial charge in [-0.15, -0.1) is 0 Å². The fourth-order valence-corrected chi connectivity index (χ4v) is 2.88. The van der Waals surface area contributed by atoms with Gasteiger partial charge in [-0.2, -0.15) is 0 Å². The minimum absolute atomic E-state index is 0.0354. The quantitative estimate of drug-likeness (QED) is 0.467. The molecule has 0 saturated carbocycles. The van der Waals surface area contributed by atoms with E-state index in [2.05, 4.69) is 5.32 Å². The van der Waals surface area contributed by atoms with Gasteiger partial charge in [0, 0.05) is 25.7 Å². The van der Waals surface area contributed by atoms with E-state index in [4.69, 9.17) is 16.3 Å². The number of fused-ring (bicyclic) bond motifs is 2. The second kappa shape index (κ2) is 7.01. The average Bonchev–Trinajstić information content (AvgIpc) is 2.87. The van der Waals surface area contributed by atoms with Crippen molar-refractivity contribution in [2.75, 3.05) is 25.5 Å². The molecule has 2 heterocycles. The van der Waals surface area contributed by atoms with Gasteiger partial charge >= 0.3 is 0 Å². The third kappa shape index (κ3) is 3.18. The van der Waals surface area contributed by atoms with E-state index in [9.17, 15) is 19.7 Å². The molecule has 0 aliphatic carbocycles. The summed E-state index contributed by atoms with van der Waals surface area (Å²) in [7, 11) is 1.49. The zero-order valence-corrected chi connectivity index (χ0v) is 14.4. The molecule has 4 rings (SSSR count). The van der Waals surface area contributed by atoms with Gasteiger partial charge in [0.15, 0.2) is 5.75 Å². The fraction of sp³-hybridized carbons (Fsp3) is 0.176. The van der Waals surface area contributed by atoms with Crippen LogP contribution in [0.1, 0.15) is 20.7 Å². The molecule has 2 aromatic carbocycles. The van der Waals surface area contributed by atoms with Gasteiger partial charge in [-0.3, -0.25) is 24.6 Å². The van der Waals surface area contributed by atoms with Crippen molar-refractivity contribution < 1.29 is 19.2 Å². The number of anilines is 1. The summed E-state index contributed by atoms with van der Waals surface area (Å²) < 4.78 is 5.27. The largest absolute Gasteiger partial charge is 0.488 e. The molecule has 8 nitrogen and oxygen atoms in total. The molecule has 1 N–H and O–H groups in total. The van der Waals surface area contributed by atoms with Crippen LogP contribution in [-0.4, -0.2) is 41.8 Å². The number of hydrogen-bond acceptors (Lipinski definition) is 6. The Balaban J connectivity index is 0.000000152. The summed E-state index contributed by atoms with van der Waals surface area (Å²) in [4.78, 5) is 33.8. The molecule has 134 valence electrons. The lowest BCUT2D eigenvalue weighted by atomic mass is 10.1. The van der Waals surface area contributed by atoms with Crippen LogP contribution >= 0.6 is 11.6 Å². The highest BCUT2D eigenvalue weighted by Gasteiger charge is 2.31. The van der Waals surface area contributed by atoms with Gasteiger partial charge in [0.25, 0.3) is 17.5 Å². The number of halogens is 1. The lowest BCUT2D eigenvalue weighted by Crippen LogP contribution is -2.24. The van der Waals surface area contributed by atoms with Crippen molar-refractivity contribution in [1.82, 2.24) is 4.90 Å². The van der Waals surface area contributed by atoms with E-state index in [1.54, 1.807) is 24.3 Å². The maximum absolute atomic E-state index is 11.3. The van der Waals surface area contributed by atoms with Crippen molar-refractivity contribution in [2.24, 2.45) is 0 Å². The summed E-state index contributed by atoms with van der Waals surface area (Å²) in [5, 5.41) is 13.8. The number of hydrogen-bond donors (Lipinski definition) is 1. The van der Waals surface area contributed by atoms with E-state index >= 15 is 0 Å². The maximum Gasteiger partial charge on any atom is 0.273 e. The first-order valence-electron chi connectivity index (χ1n) is 7.66.